The standard InChI is InChI=1S/C16H19N3O4S/c1-10-15(12(3)23-17-10)24(21,22)18-11(2)16(20)19-9-8-13-6-4-5-7-14(13)19/h4-7,11,18H,8-9H2,1-3H3/t11-/m1/s1. The molecule has 0 saturated carbocycles. The van der Waals surface area contributed by atoms with Gasteiger partial charge in [-0.2, -0.15) is 4.72 Å². The summed E-state index contributed by atoms with van der Waals surface area (Å²) in [5.41, 5.74) is 2.20. The fraction of sp³-hybridized carbons (Fsp3) is 0.375. The Balaban J connectivity index is 1.81. The predicted octanol–water partition coefficient (Wildman–Crippen LogP) is 1.55. The lowest BCUT2D eigenvalue weighted by Crippen LogP contribution is -2.46. The van der Waals surface area contributed by atoms with E-state index < -0.39 is 16.1 Å². The summed E-state index contributed by atoms with van der Waals surface area (Å²) in [7, 11) is -3.88. The van der Waals surface area contributed by atoms with Crippen molar-refractivity contribution >= 4 is 21.6 Å². The second-order valence-electron chi connectivity index (χ2n) is 5.86. The zero-order valence-corrected chi connectivity index (χ0v) is 14.6. The molecule has 2 heterocycles. The monoisotopic (exact) mass is 349 g/mol. The molecule has 0 radical (unpaired) electrons. The molecule has 1 aliphatic heterocycles. The van der Waals surface area contributed by atoms with Crippen LogP contribution in [0, 0.1) is 13.8 Å². The zero-order valence-electron chi connectivity index (χ0n) is 13.7. The van der Waals surface area contributed by atoms with E-state index in [4.69, 9.17) is 4.52 Å². The van der Waals surface area contributed by atoms with E-state index in [0.717, 1.165) is 17.7 Å². The summed E-state index contributed by atoms with van der Waals surface area (Å²) in [6.07, 6.45) is 0.769. The van der Waals surface area contributed by atoms with Gasteiger partial charge in [0.15, 0.2) is 5.76 Å². The second-order valence-corrected chi connectivity index (χ2v) is 7.52. The number of aromatic nitrogens is 1. The number of benzene rings is 1. The fourth-order valence-electron chi connectivity index (χ4n) is 3.00. The van der Waals surface area contributed by atoms with Gasteiger partial charge in [0.2, 0.25) is 15.9 Å². The lowest BCUT2D eigenvalue weighted by Gasteiger charge is -2.22. The van der Waals surface area contributed by atoms with Crippen molar-refractivity contribution in [1.82, 2.24) is 9.88 Å². The van der Waals surface area contributed by atoms with Crippen molar-refractivity contribution in [3.05, 3.63) is 41.3 Å². The zero-order chi connectivity index (χ0) is 17.5. The van der Waals surface area contributed by atoms with Crippen molar-refractivity contribution in [2.75, 3.05) is 11.4 Å². The number of anilines is 1. The Bertz CT molecular complexity index is 869. The van der Waals surface area contributed by atoms with E-state index >= 15 is 0 Å². The Labute approximate surface area is 140 Å². The van der Waals surface area contributed by atoms with Gasteiger partial charge in [-0.1, -0.05) is 23.4 Å². The minimum Gasteiger partial charge on any atom is -0.360 e. The molecule has 1 aromatic heterocycles. The maximum Gasteiger partial charge on any atom is 0.246 e. The number of carbonyl (C=O) groups excluding carboxylic acids is 1. The molecule has 0 unspecified atom stereocenters. The Morgan fingerprint density at radius 3 is 2.71 bits per heavy atom. The van der Waals surface area contributed by atoms with E-state index in [9.17, 15) is 13.2 Å². The summed E-state index contributed by atoms with van der Waals surface area (Å²) in [6.45, 7) is 5.17. The van der Waals surface area contributed by atoms with Crippen molar-refractivity contribution in [2.45, 2.75) is 38.1 Å². The van der Waals surface area contributed by atoms with Gasteiger partial charge in [-0.05, 0) is 38.8 Å². The third kappa shape index (κ3) is 2.83. The topological polar surface area (TPSA) is 92.5 Å². The maximum atomic E-state index is 12.7. The summed E-state index contributed by atoms with van der Waals surface area (Å²) >= 11 is 0. The van der Waals surface area contributed by atoms with Gasteiger partial charge in [-0.15, -0.1) is 0 Å². The first-order valence-corrected chi connectivity index (χ1v) is 9.14. The molecule has 1 aromatic carbocycles. The average Bonchev–Trinajstić information content (AvgIpc) is 3.09. The van der Waals surface area contributed by atoms with Crippen LogP contribution in [-0.2, 0) is 21.2 Å². The predicted molar refractivity (Wildman–Crippen MR) is 88.3 cm³/mol. The van der Waals surface area contributed by atoms with E-state index in [1.807, 2.05) is 24.3 Å². The van der Waals surface area contributed by atoms with Crippen molar-refractivity contribution in [1.29, 1.82) is 0 Å². The van der Waals surface area contributed by atoms with Crippen LogP contribution in [0.25, 0.3) is 0 Å². The first kappa shape index (κ1) is 16.7. The van der Waals surface area contributed by atoms with Crippen molar-refractivity contribution in [2.24, 2.45) is 0 Å². The molecule has 24 heavy (non-hydrogen) atoms. The number of rotatable bonds is 4. The number of para-hydroxylation sites is 1. The molecule has 0 aliphatic carbocycles. The minimum absolute atomic E-state index is 0.0102. The molecule has 128 valence electrons. The van der Waals surface area contributed by atoms with Crippen LogP contribution in [0.4, 0.5) is 5.69 Å². The van der Waals surface area contributed by atoms with E-state index in [0.29, 0.717) is 6.54 Å². The summed E-state index contributed by atoms with van der Waals surface area (Å²) in [6, 6.07) is 6.74. The van der Waals surface area contributed by atoms with Gasteiger partial charge in [0, 0.05) is 12.2 Å². The largest absolute Gasteiger partial charge is 0.360 e. The molecular weight excluding hydrogens is 330 g/mol. The van der Waals surface area contributed by atoms with Crippen LogP contribution in [0.15, 0.2) is 33.7 Å². The molecule has 0 fully saturated rings. The van der Waals surface area contributed by atoms with Gasteiger partial charge in [-0.3, -0.25) is 4.79 Å². The molecule has 3 rings (SSSR count). The van der Waals surface area contributed by atoms with Gasteiger partial charge in [0.05, 0.1) is 6.04 Å². The molecule has 1 aliphatic rings. The highest BCUT2D eigenvalue weighted by Gasteiger charge is 2.32. The number of carbonyl (C=O) groups is 1. The average molecular weight is 349 g/mol. The summed E-state index contributed by atoms with van der Waals surface area (Å²) in [5.74, 6) is -0.0820. The Kier molecular flexibility index (Phi) is 4.18. The van der Waals surface area contributed by atoms with E-state index in [2.05, 4.69) is 9.88 Å². The van der Waals surface area contributed by atoms with E-state index in [-0.39, 0.29) is 22.3 Å². The quantitative estimate of drug-likeness (QED) is 0.904. The summed E-state index contributed by atoms with van der Waals surface area (Å²) < 4.78 is 32.4. The number of fused-ring (bicyclic) bond motifs is 1. The Hall–Kier alpha value is -2.19. The molecule has 8 heteroatoms. The van der Waals surface area contributed by atoms with Crippen LogP contribution in [-0.4, -0.2) is 32.1 Å². The SMILES string of the molecule is Cc1noc(C)c1S(=O)(=O)N[C@H](C)C(=O)N1CCc2ccccc21. The van der Waals surface area contributed by atoms with Crippen LogP contribution in [0.5, 0.6) is 0 Å². The number of nitrogens with zero attached hydrogens (tertiary/aromatic N) is 2. The van der Waals surface area contributed by atoms with Gasteiger partial charge in [-0.25, -0.2) is 8.42 Å². The molecule has 7 nitrogen and oxygen atoms in total. The Morgan fingerprint density at radius 2 is 2.04 bits per heavy atom. The van der Waals surface area contributed by atoms with Crippen LogP contribution in [0.1, 0.15) is 23.9 Å². The van der Waals surface area contributed by atoms with Gasteiger partial charge in [0.25, 0.3) is 0 Å². The van der Waals surface area contributed by atoms with E-state index in [1.165, 1.54) is 6.92 Å². The minimum atomic E-state index is -3.88. The van der Waals surface area contributed by atoms with Gasteiger partial charge >= 0.3 is 0 Å². The van der Waals surface area contributed by atoms with Crippen molar-refractivity contribution in [3.8, 4) is 0 Å². The highest BCUT2D eigenvalue weighted by Crippen LogP contribution is 2.28. The lowest BCUT2D eigenvalue weighted by atomic mass is 10.2. The molecular formula is C16H19N3O4S. The van der Waals surface area contributed by atoms with Gasteiger partial charge < -0.3 is 9.42 Å². The molecule has 0 saturated heterocycles. The van der Waals surface area contributed by atoms with Crippen LogP contribution in [0.2, 0.25) is 0 Å². The van der Waals surface area contributed by atoms with Crippen molar-refractivity contribution < 1.29 is 17.7 Å². The number of nitrogens with one attached hydrogen (secondary N) is 1. The Morgan fingerprint density at radius 1 is 1.33 bits per heavy atom. The number of sulfonamides is 1. The number of hydrogen-bond acceptors (Lipinski definition) is 5. The first-order valence-electron chi connectivity index (χ1n) is 7.66. The first-order chi connectivity index (χ1) is 11.3. The smallest absolute Gasteiger partial charge is 0.246 e. The van der Waals surface area contributed by atoms with E-state index in [1.54, 1.807) is 18.7 Å². The molecule has 0 bridgehead atoms. The maximum absolute atomic E-state index is 12.7. The molecule has 2 aromatic rings. The molecule has 1 atom stereocenters. The van der Waals surface area contributed by atoms with Crippen LogP contribution in [0.3, 0.4) is 0 Å². The lowest BCUT2D eigenvalue weighted by molar-refractivity contribution is -0.119. The normalized spacial score (nSPS) is 15.4. The molecule has 1 amide bonds. The number of hydrogen-bond donors (Lipinski definition) is 1. The molecule has 0 spiro atoms. The van der Waals surface area contributed by atoms with Crippen LogP contribution < -0.4 is 9.62 Å². The van der Waals surface area contributed by atoms with Gasteiger partial charge in [0.1, 0.15) is 10.6 Å². The molecule has 1 N–H and O–H groups in total. The summed E-state index contributed by atoms with van der Waals surface area (Å²) in [4.78, 5) is 14.3. The van der Waals surface area contributed by atoms with Crippen LogP contribution >= 0.6 is 0 Å². The number of aryl methyl sites for hydroxylation is 2. The number of amides is 1. The highest BCUT2D eigenvalue weighted by molar-refractivity contribution is 7.89. The third-order valence-electron chi connectivity index (χ3n) is 4.09. The second kappa shape index (κ2) is 6.03. The summed E-state index contributed by atoms with van der Waals surface area (Å²) in [5, 5.41) is 3.65. The highest BCUT2D eigenvalue weighted by atomic mass is 32.2. The fourth-order valence-corrected chi connectivity index (χ4v) is 4.53. The van der Waals surface area contributed by atoms with Crippen molar-refractivity contribution in [3.63, 3.8) is 0 Å². The third-order valence-corrected chi connectivity index (χ3v) is 5.88.